The molecule has 0 bridgehead atoms. The van der Waals surface area contributed by atoms with Gasteiger partial charge >= 0.3 is 5.97 Å². The predicted molar refractivity (Wildman–Crippen MR) is 69.8 cm³/mol. The third kappa shape index (κ3) is 5.35. The average molecular weight is 277 g/mol. The zero-order valence-corrected chi connectivity index (χ0v) is 11.9. The third-order valence-electron chi connectivity index (χ3n) is 3.26. The van der Waals surface area contributed by atoms with Gasteiger partial charge in [0.1, 0.15) is 6.04 Å². The molecule has 1 unspecified atom stereocenters. The Morgan fingerprint density at radius 2 is 1.89 bits per heavy atom. The standard InChI is InChI=1S/C12H23NO4S/c1-9(2)7-11(12(14)15)13-18(16,17)8-10-5-3-4-6-10/h9-11,13H,3-8H2,1-2H3,(H,14,15). The van der Waals surface area contributed by atoms with Crippen LogP contribution in [0.1, 0.15) is 46.0 Å². The van der Waals surface area contributed by atoms with Crippen molar-refractivity contribution in [2.24, 2.45) is 11.8 Å². The number of rotatable bonds is 7. The van der Waals surface area contributed by atoms with E-state index < -0.39 is 22.0 Å². The molecule has 18 heavy (non-hydrogen) atoms. The number of carboxylic acid groups (broad SMARTS) is 1. The molecule has 1 fully saturated rings. The van der Waals surface area contributed by atoms with Gasteiger partial charge in [-0.1, -0.05) is 26.7 Å². The molecule has 0 aliphatic heterocycles. The lowest BCUT2D eigenvalue weighted by Gasteiger charge is -2.18. The number of carbonyl (C=O) groups is 1. The molecule has 0 radical (unpaired) electrons. The highest BCUT2D eigenvalue weighted by atomic mass is 32.2. The Balaban J connectivity index is 2.57. The summed E-state index contributed by atoms with van der Waals surface area (Å²) in [6, 6.07) is -1.00. The van der Waals surface area contributed by atoms with E-state index in [0.29, 0.717) is 6.42 Å². The molecule has 0 aromatic heterocycles. The van der Waals surface area contributed by atoms with Gasteiger partial charge in [-0.25, -0.2) is 13.1 Å². The number of aliphatic carboxylic acids is 1. The normalized spacial score (nSPS) is 19.3. The maximum atomic E-state index is 11.9. The molecule has 0 saturated heterocycles. The van der Waals surface area contributed by atoms with Crippen LogP contribution in [0, 0.1) is 11.8 Å². The summed E-state index contributed by atoms with van der Waals surface area (Å²) in [5.41, 5.74) is 0. The molecule has 0 heterocycles. The summed E-state index contributed by atoms with van der Waals surface area (Å²) in [6.45, 7) is 3.75. The average Bonchev–Trinajstić information content (AvgIpc) is 2.67. The molecule has 0 amide bonds. The SMILES string of the molecule is CC(C)CC(NS(=O)(=O)CC1CCCC1)C(=O)O. The zero-order chi connectivity index (χ0) is 13.8. The molecule has 1 aliphatic carbocycles. The van der Waals surface area contributed by atoms with Crippen LogP contribution in [0.4, 0.5) is 0 Å². The van der Waals surface area contributed by atoms with Crippen LogP contribution >= 0.6 is 0 Å². The Hall–Kier alpha value is -0.620. The summed E-state index contributed by atoms with van der Waals surface area (Å²) in [4.78, 5) is 11.0. The van der Waals surface area contributed by atoms with E-state index >= 15 is 0 Å². The summed E-state index contributed by atoms with van der Waals surface area (Å²) in [7, 11) is -3.49. The summed E-state index contributed by atoms with van der Waals surface area (Å²) in [6.07, 6.45) is 4.34. The van der Waals surface area contributed by atoms with E-state index in [1.54, 1.807) is 0 Å². The quantitative estimate of drug-likeness (QED) is 0.740. The zero-order valence-electron chi connectivity index (χ0n) is 11.1. The first kappa shape index (κ1) is 15.4. The number of sulfonamides is 1. The highest BCUT2D eigenvalue weighted by Gasteiger charge is 2.28. The Bertz CT molecular complexity index is 372. The van der Waals surface area contributed by atoms with Crippen LogP contribution in [0.25, 0.3) is 0 Å². The maximum absolute atomic E-state index is 11.9. The molecular formula is C12H23NO4S. The van der Waals surface area contributed by atoms with Crippen molar-refractivity contribution >= 4 is 16.0 Å². The van der Waals surface area contributed by atoms with Gasteiger partial charge in [0.05, 0.1) is 5.75 Å². The molecule has 0 aromatic rings. The van der Waals surface area contributed by atoms with E-state index in [-0.39, 0.29) is 17.6 Å². The van der Waals surface area contributed by atoms with Gasteiger partial charge in [-0.05, 0) is 31.1 Å². The Labute approximate surface area is 109 Å². The number of nitrogens with one attached hydrogen (secondary N) is 1. The molecule has 0 aromatic carbocycles. The lowest BCUT2D eigenvalue weighted by Crippen LogP contribution is -2.43. The van der Waals surface area contributed by atoms with Crippen molar-refractivity contribution in [1.82, 2.24) is 4.72 Å². The largest absolute Gasteiger partial charge is 0.480 e. The van der Waals surface area contributed by atoms with Crippen LogP contribution in [0.3, 0.4) is 0 Å². The number of carboxylic acids is 1. The van der Waals surface area contributed by atoms with Crippen molar-refractivity contribution in [3.63, 3.8) is 0 Å². The van der Waals surface area contributed by atoms with Gasteiger partial charge in [0, 0.05) is 0 Å². The topological polar surface area (TPSA) is 83.5 Å². The van der Waals surface area contributed by atoms with Crippen molar-refractivity contribution < 1.29 is 18.3 Å². The molecule has 1 atom stereocenters. The lowest BCUT2D eigenvalue weighted by molar-refractivity contribution is -0.139. The van der Waals surface area contributed by atoms with E-state index in [9.17, 15) is 13.2 Å². The smallest absolute Gasteiger partial charge is 0.321 e. The molecule has 5 nitrogen and oxygen atoms in total. The molecule has 1 aliphatic rings. The second kappa shape index (κ2) is 6.52. The van der Waals surface area contributed by atoms with Gasteiger partial charge < -0.3 is 5.11 Å². The Morgan fingerprint density at radius 3 is 2.33 bits per heavy atom. The van der Waals surface area contributed by atoms with Crippen molar-refractivity contribution in [2.45, 2.75) is 52.0 Å². The maximum Gasteiger partial charge on any atom is 0.321 e. The molecule has 0 spiro atoms. The fourth-order valence-corrected chi connectivity index (χ4v) is 4.10. The molecule has 2 N–H and O–H groups in total. The summed E-state index contributed by atoms with van der Waals surface area (Å²) >= 11 is 0. The van der Waals surface area contributed by atoms with Crippen LogP contribution in [0.2, 0.25) is 0 Å². The van der Waals surface area contributed by atoms with Gasteiger partial charge in [-0.3, -0.25) is 4.79 Å². The Morgan fingerprint density at radius 1 is 1.33 bits per heavy atom. The third-order valence-corrected chi connectivity index (χ3v) is 4.81. The van der Waals surface area contributed by atoms with Crippen LogP contribution in [-0.2, 0) is 14.8 Å². The second-order valence-corrected chi connectivity index (χ2v) is 7.37. The Kier molecular flexibility index (Phi) is 5.59. The van der Waals surface area contributed by atoms with E-state index in [4.69, 9.17) is 5.11 Å². The van der Waals surface area contributed by atoms with Gasteiger partial charge in [-0.2, -0.15) is 0 Å². The van der Waals surface area contributed by atoms with E-state index in [1.165, 1.54) is 0 Å². The van der Waals surface area contributed by atoms with Crippen LogP contribution in [-0.4, -0.2) is 31.3 Å². The predicted octanol–water partition coefficient (Wildman–Crippen LogP) is 1.60. The first-order valence-electron chi connectivity index (χ1n) is 6.53. The van der Waals surface area contributed by atoms with Crippen LogP contribution in [0.5, 0.6) is 0 Å². The van der Waals surface area contributed by atoms with E-state index in [2.05, 4.69) is 4.72 Å². The van der Waals surface area contributed by atoms with Crippen LogP contribution < -0.4 is 4.72 Å². The molecule has 106 valence electrons. The van der Waals surface area contributed by atoms with E-state index in [0.717, 1.165) is 25.7 Å². The minimum absolute atomic E-state index is 0.0644. The van der Waals surface area contributed by atoms with E-state index in [1.807, 2.05) is 13.8 Å². The number of hydrogen-bond acceptors (Lipinski definition) is 3. The molecular weight excluding hydrogens is 254 g/mol. The second-order valence-electron chi connectivity index (χ2n) is 5.57. The molecule has 1 rings (SSSR count). The number of hydrogen-bond donors (Lipinski definition) is 2. The summed E-state index contributed by atoms with van der Waals surface area (Å²) in [5, 5.41) is 9.02. The van der Waals surface area contributed by atoms with Crippen molar-refractivity contribution in [2.75, 3.05) is 5.75 Å². The van der Waals surface area contributed by atoms with Gasteiger partial charge in [0.2, 0.25) is 10.0 Å². The fourth-order valence-electron chi connectivity index (χ4n) is 2.42. The lowest BCUT2D eigenvalue weighted by atomic mass is 10.1. The monoisotopic (exact) mass is 277 g/mol. The van der Waals surface area contributed by atoms with Gasteiger partial charge in [0.25, 0.3) is 0 Å². The first-order valence-corrected chi connectivity index (χ1v) is 8.18. The van der Waals surface area contributed by atoms with Gasteiger partial charge in [0.15, 0.2) is 0 Å². The van der Waals surface area contributed by atoms with Crippen molar-refractivity contribution in [3.05, 3.63) is 0 Å². The van der Waals surface area contributed by atoms with Crippen molar-refractivity contribution in [1.29, 1.82) is 0 Å². The highest BCUT2D eigenvalue weighted by molar-refractivity contribution is 7.89. The minimum atomic E-state index is -3.49. The minimum Gasteiger partial charge on any atom is -0.480 e. The summed E-state index contributed by atoms with van der Waals surface area (Å²) in [5.74, 6) is -0.704. The first-order chi connectivity index (χ1) is 8.30. The molecule has 1 saturated carbocycles. The van der Waals surface area contributed by atoms with Gasteiger partial charge in [-0.15, -0.1) is 0 Å². The fraction of sp³-hybridized carbons (Fsp3) is 0.917. The highest BCUT2D eigenvalue weighted by Crippen LogP contribution is 2.25. The molecule has 6 heteroatoms. The summed E-state index contributed by atoms with van der Waals surface area (Å²) < 4.78 is 26.1. The van der Waals surface area contributed by atoms with Crippen LogP contribution in [0.15, 0.2) is 0 Å². The van der Waals surface area contributed by atoms with Crippen molar-refractivity contribution in [3.8, 4) is 0 Å².